The quantitative estimate of drug-likeness (QED) is 0.709. The second-order valence-corrected chi connectivity index (χ2v) is 9.74. The Balaban J connectivity index is 1.42. The maximum Gasteiger partial charge on any atom is 0.258 e. The van der Waals surface area contributed by atoms with Gasteiger partial charge in [-0.05, 0) is 56.9 Å². The Hall–Kier alpha value is -2.51. The van der Waals surface area contributed by atoms with Crippen molar-refractivity contribution in [3.63, 3.8) is 0 Å². The van der Waals surface area contributed by atoms with E-state index in [0.29, 0.717) is 28.0 Å². The Kier molecular flexibility index (Phi) is 7.29. The van der Waals surface area contributed by atoms with E-state index in [-0.39, 0.29) is 17.9 Å². The van der Waals surface area contributed by atoms with Gasteiger partial charge < -0.3 is 10.2 Å². The number of hydrogen-bond donors (Lipinski definition) is 1. The number of nitrogens with zero attached hydrogens (tertiary/aromatic N) is 4. The Morgan fingerprint density at radius 1 is 1.12 bits per heavy atom. The lowest BCUT2D eigenvalue weighted by atomic mass is 10.0. The van der Waals surface area contributed by atoms with Crippen LogP contribution in [0.2, 0.25) is 5.02 Å². The number of benzene rings is 1. The first-order valence-electron chi connectivity index (χ1n) is 11.7. The summed E-state index contributed by atoms with van der Waals surface area (Å²) in [5.74, 6) is 0.911. The van der Waals surface area contributed by atoms with Crippen molar-refractivity contribution in [3.8, 4) is 0 Å². The topological polar surface area (TPSA) is 78.4 Å². The summed E-state index contributed by atoms with van der Waals surface area (Å²) < 4.78 is 0. The number of carbonyl (C=O) groups is 2. The van der Waals surface area contributed by atoms with Gasteiger partial charge in [-0.1, -0.05) is 24.4 Å². The van der Waals surface area contributed by atoms with Gasteiger partial charge in [-0.3, -0.25) is 14.5 Å². The molecule has 1 aliphatic heterocycles. The molecular weight excluding hydrogens is 438 g/mol. The lowest BCUT2D eigenvalue weighted by Crippen LogP contribution is -2.54. The van der Waals surface area contributed by atoms with Gasteiger partial charge in [-0.25, -0.2) is 9.97 Å². The highest BCUT2D eigenvalue weighted by atomic mass is 35.5. The smallest absolute Gasteiger partial charge is 0.258 e. The zero-order valence-corrected chi connectivity index (χ0v) is 20.4. The Bertz CT molecular complexity index is 1020. The van der Waals surface area contributed by atoms with Crippen LogP contribution in [0.5, 0.6) is 0 Å². The van der Waals surface area contributed by atoms with Crippen molar-refractivity contribution >= 4 is 29.1 Å². The molecule has 1 aromatic heterocycles. The third kappa shape index (κ3) is 5.53. The van der Waals surface area contributed by atoms with Gasteiger partial charge in [0.05, 0.1) is 5.56 Å². The van der Waals surface area contributed by atoms with Gasteiger partial charge in [0.25, 0.3) is 5.91 Å². The number of nitrogens with one attached hydrogen (secondary N) is 1. The molecule has 2 heterocycles. The zero-order valence-electron chi connectivity index (χ0n) is 19.6. The molecule has 7 nitrogen and oxygen atoms in total. The van der Waals surface area contributed by atoms with E-state index in [0.717, 1.165) is 50.1 Å². The molecule has 2 amide bonds. The number of halogens is 1. The number of rotatable bonds is 5. The van der Waals surface area contributed by atoms with Crippen LogP contribution in [-0.4, -0.2) is 57.3 Å². The van der Waals surface area contributed by atoms with E-state index in [1.165, 1.54) is 25.2 Å². The number of anilines is 1. The van der Waals surface area contributed by atoms with E-state index >= 15 is 0 Å². The Morgan fingerprint density at radius 3 is 2.48 bits per heavy atom. The molecule has 4 rings (SSSR count). The molecule has 1 N–H and O–H groups in total. The Morgan fingerprint density at radius 2 is 1.82 bits per heavy atom. The molecule has 1 saturated carbocycles. The molecule has 1 aliphatic carbocycles. The average molecular weight is 470 g/mol. The van der Waals surface area contributed by atoms with Gasteiger partial charge in [-0.2, -0.15) is 0 Å². The van der Waals surface area contributed by atoms with Crippen LogP contribution in [0.1, 0.15) is 59.9 Å². The fourth-order valence-electron chi connectivity index (χ4n) is 4.89. The van der Waals surface area contributed by atoms with Gasteiger partial charge in [-0.15, -0.1) is 0 Å². The van der Waals surface area contributed by atoms with Crippen LogP contribution in [0.3, 0.4) is 0 Å². The lowest BCUT2D eigenvalue weighted by molar-refractivity contribution is -0.140. The molecule has 1 aromatic carbocycles. The fourth-order valence-corrected chi connectivity index (χ4v) is 5.13. The number of piperazine rings is 1. The minimum absolute atomic E-state index is 0.187. The fraction of sp³-hybridized carbons (Fsp3) is 0.520. The molecule has 2 fully saturated rings. The van der Waals surface area contributed by atoms with Crippen LogP contribution in [0, 0.1) is 19.8 Å². The molecule has 33 heavy (non-hydrogen) atoms. The second kappa shape index (κ2) is 10.2. The standard InChI is InChI=1S/C25H32ClN5O2/c1-16-14-30(8-9-31(16)25(33)19-6-4-5-7-19)15-20-10-22(26)11-23(17(20)2)29-24(32)21-12-27-18(3)28-13-21/h10-13,16,19H,4-9,14-15H2,1-3H3,(H,29,32)/t16-/m0/s1. The summed E-state index contributed by atoms with van der Waals surface area (Å²) in [5.41, 5.74) is 3.14. The highest BCUT2D eigenvalue weighted by molar-refractivity contribution is 6.31. The summed E-state index contributed by atoms with van der Waals surface area (Å²) in [6.45, 7) is 9.05. The molecule has 2 aliphatic rings. The maximum absolute atomic E-state index is 12.9. The SMILES string of the molecule is Cc1ncc(C(=O)Nc2cc(Cl)cc(CN3CCN(C(=O)C4CCCC4)[C@@H](C)C3)c2C)cn1. The maximum atomic E-state index is 12.9. The van der Waals surface area contributed by atoms with Crippen LogP contribution in [0.15, 0.2) is 24.5 Å². The highest BCUT2D eigenvalue weighted by Crippen LogP contribution is 2.29. The van der Waals surface area contributed by atoms with E-state index in [1.54, 1.807) is 13.0 Å². The first kappa shape index (κ1) is 23.6. The summed E-state index contributed by atoms with van der Waals surface area (Å²) in [5, 5.41) is 3.53. The van der Waals surface area contributed by atoms with Crippen molar-refractivity contribution in [3.05, 3.63) is 52.1 Å². The van der Waals surface area contributed by atoms with E-state index in [9.17, 15) is 9.59 Å². The second-order valence-electron chi connectivity index (χ2n) is 9.31. The van der Waals surface area contributed by atoms with Gasteiger partial charge in [0.1, 0.15) is 5.82 Å². The monoisotopic (exact) mass is 469 g/mol. The molecule has 0 spiro atoms. The van der Waals surface area contributed by atoms with Gasteiger partial charge >= 0.3 is 0 Å². The van der Waals surface area contributed by atoms with E-state index < -0.39 is 0 Å². The molecule has 176 valence electrons. The van der Waals surface area contributed by atoms with Crippen molar-refractivity contribution in [2.75, 3.05) is 25.0 Å². The first-order chi connectivity index (χ1) is 15.8. The first-order valence-corrected chi connectivity index (χ1v) is 12.1. The molecular formula is C25H32ClN5O2. The van der Waals surface area contributed by atoms with Crippen LogP contribution in [0.4, 0.5) is 5.69 Å². The third-order valence-electron chi connectivity index (χ3n) is 6.86. The third-order valence-corrected chi connectivity index (χ3v) is 7.08. The van der Waals surface area contributed by atoms with E-state index in [2.05, 4.69) is 32.0 Å². The number of hydrogen-bond acceptors (Lipinski definition) is 5. The van der Waals surface area contributed by atoms with Crippen molar-refractivity contribution < 1.29 is 9.59 Å². The lowest BCUT2D eigenvalue weighted by Gasteiger charge is -2.41. The van der Waals surface area contributed by atoms with Crippen molar-refractivity contribution in [1.29, 1.82) is 0 Å². The summed E-state index contributed by atoms with van der Waals surface area (Å²) in [7, 11) is 0. The number of carbonyl (C=O) groups excluding carboxylic acids is 2. The highest BCUT2D eigenvalue weighted by Gasteiger charge is 2.33. The summed E-state index contributed by atoms with van der Waals surface area (Å²) in [6.07, 6.45) is 7.47. The van der Waals surface area contributed by atoms with Crippen LogP contribution in [-0.2, 0) is 11.3 Å². The van der Waals surface area contributed by atoms with E-state index in [1.807, 2.05) is 13.0 Å². The average Bonchev–Trinajstić information content (AvgIpc) is 3.32. The number of aromatic nitrogens is 2. The predicted molar refractivity (Wildman–Crippen MR) is 129 cm³/mol. The summed E-state index contributed by atoms with van der Waals surface area (Å²) >= 11 is 6.41. The molecule has 0 unspecified atom stereocenters. The number of amides is 2. The van der Waals surface area contributed by atoms with Crippen molar-refractivity contribution in [1.82, 2.24) is 19.8 Å². The van der Waals surface area contributed by atoms with Crippen LogP contribution in [0.25, 0.3) is 0 Å². The normalized spacial score (nSPS) is 19.6. The van der Waals surface area contributed by atoms with Gasteiger partial charge in [0, 0.05) is 61.2 Å². The molecule has 8 heteroatoms. The molecule has 0 radical (unpaired) electrons. The Labute approximate surface area is 200 Å². The minimum atomic E-state index is -0.265. The summed E-state index contributed by atoms with van der Waals surface area (Å²) in [6, 6.07) is 3.92. The van der Waals surface area contributed by atoms with Gasteiger partial charge in [0.15, 0.2) is 0 Å². The van der Waals surface area contributed by atoms with E-state index in [4.69, 9.17) is 11.6 Å². The molecule has 0 bridgehead atoms. The molecule has 1 atom stereocenters. The predicted octanol–water partition coefficient (Wildman–Crippen LogP) is 4.22. The van der Waals surface area contributed by atoms with Gasteiger partial charge in [0.2, 0.25) is 5.91 Å². The van der Waals surface area contributed by atoms with Crippen LogP contribution < -0.4 is 5.32 Å². The van der Waals surface area contributed by atoms with Crippen molar-refractivity contribution in [2.45, 2.75) is 59.0 Å². The summed E-state index contributed by atoms with van der Waals surface area (Å²) in [4.78, 5) is 38.2. The van der Waals surface area contributed by atoms with Crippen molar-refractivity contribution in [2.24, 2.45) is 5.92 Å². The largest absolute Gasteiger partial charge is 0.337 e. The molecule has 1 saturated heterocycles. The number of aryl methyl sites for hydroxylation is 1. The van der Waals surface area contributed by atoms with Crippen LogP contribution >= 0.6 is 11.6 Å². The molecule has 2 aromatic rings. The zero-order chi connectivity index (χ0) is 23.5. The minimum Gasteiger partial charge on any atom is -0.337 e.